The molecule has 2 aliphatic heterocycles. The Kier molecular flexibility index (Phi) is 5.43. The van der Waals surface area contributed by atoms with Crippen LogP contribution >= 0.6 is 0 Å². The van der Waals surface area contributed by atoms with Crippen molar-refractivity contribution in [2.24, 2.45) is 0 Å². The number of aromatic amines is 1. The van der Waals surface area contributed by atoms with E-state index in [1.165, 1.54) is 13.4 Å². The predicted octanol–water partition coefficient (Wildman–Crippen LogP) is -0.612. The lowest BCUT2D eigenvalue weighted by molar-refractivity contribution is -0.138. The number of amides is 5. The summed E-state index contributed by atoms with van der Waals surface area (Å²) < 4.78 is 0. The molecule has 2 aliphatic rings. The second-order valence-electron chi connectivity index (χ2n) is 7.02. The Morgan fingerprint density at radius 2 is 2.19 bits per heavy atom. The van der Waals surface area contributed by atoms with E-state index >= 15 is 0 Å². The second-order valence-corrected chi connectivity index (χ2v) is 7.02. The number of imidazole rings is 1. The van der Waals surface area contributed by atoms with Gasteiger partial charge in [-0.1, -0.05) is 0 Å². The molecule has 1 aromatic heterocycles. The molecule has 3 rings (SSSR count). The van der Waals surface area contributed by atoms with Crippen molar-refractivity contribution in [1.82, 2.24) is 30.4 Å². The first kappa shape index (κ1) is 18.9. The number of carbonyl (C=O) groups is 4. The van der Waals surface area contributed by atoms with Crippen LogP contribution in [0.3, 0.4) is 0 Å². The lowest BCUT2D eigenvalue weighted by Gasteiger charge is -2.31. The Labute approximate surface area is 156 Å². The van der Waals surface area contributed by atoms with Gasteiger partial charge in [-0.3, -0.25) is 19.3 Å². The molecule has 0 aliphatic carbocycles. The summed E-state index contributed by atoms with van der Waals surface area (Å²) >= 11 is 0. The van der Waals surface area contributed by atoms with Gasteiger partial charge in [0.15, 0.2) is 0 Å². The normalized spacial score (nSPS) is 23.9. The smallest absolute Gasteiger partial charge is 0.324 e. The molecule has 0 radical (unpaired) electrons. The first-order chi connectivity index (χ1) is 12.9. The van der Waals surface area contributed by atoms with E-state index in [0.29, 0.717) is 12.2 Å². The van der Waals surface area contributed by atoms with Crippen molar-refractivity contribution in [3.63, 3.8) is 0 Å². The molecule has 0 aromatic carbocycles. The van der Waals surface area contributed by atoms with E-state index in [1.54, 1.807) is 11.1 Å². The number of carbonyl (C=O) groups excluding carboxylic acids is 4. The molecule has 146 valence electrons. The molecule has 0 bridgehead atoms. The summed E-state index contributed by atoms with van der Waals surface area (Å²) in [7, 11) is 1.35. The van der Waals surface area contributed by atoms with Gasteiger partial charge in [0.05, 0.1) is 12.7 Å². The molecular weight excluding hydrogens is 352 g/mol. The van der Waals surface area contributed by atoms with E-state index in [9.17, 15) is 19.2 Å². The summed E-state index contributed by atoms with van der Waals surface area (Å²) in [4.78, 5) is 58.8. The molecule has 3 atom stereocenters. The van der Waals surface area contributed by atoms with Crippen LogP contribution in [0.5, 0.6) is 0 Å². The third-order valence-corrected chi connectivity index (χ3v) is 5.10. The van der Waals surface area contributed by atoms with E-state index in [1.807, 2.05) is 6.92 Å². The number of hydrogen-bond donors (Lipinski definition) is 3. The van der Waals surface area contributed by atoms with Crippen LogP contribution in [0.2, 0.25) is 0 Å². The third kappa shape index (κ3) is 4.09. The highest BCUT2D eigenvalue weighted by Gasteiger charge is 2.37. The molecule has 3 heterocycles. The van der Waals surface area contributed by atoms with Gasteiger partial charge in [-0.05, 0) is 19.8 Å². The summed E-state index contributed by atoms with van der Waals surface area (Å²) in [5.41, 5.74) is 0.712. The molecule has 0 spiro atoms. The standard InChI is InChI=1S/C17H24N6O4/c1-10-4-3-5-23(10)16(26)13(6-11-8-18-9-19-11)20-15(25)12-7-14(24)22(2)17(27)21-12/h8-10,12-13H,3-7H2,1-2H3,(H,18,19)(H,20,25)(H,21,27)/t10-,12+,13+/m0/s1. The quantitative estimate of drug-likeness (QED) is 0.632. The molecule has 0 unspecified atom stereocenters. The highest BCUT2D eigenvalue weighted by atomic mass is 16.2. The number of aromatic nitrogens is 2. The second kappa shape index (κ2) is 7.77. The summed E-state index contributed by atoms with van der Waals surface area (Å²) in [6, 6.07) is -2.31. The zero-order valence-electron chi connectivity index (χ0n) is 15.4. The Bertz CT molecular complexity index is 716. The maximum absolute atomic E-state index is 13.0. The van der Waals surface area contributed by atoms with Gasteiger partial charge in [0.25, 0.3) is 0 Å². The van der Waals surface area contributed by atoms with Crippen LogP contribution in [0.1, 0.15) is 31.9 Å². The molecule has 3 N–H and O–H groups in total. The summed E-state index contributed by atoms with van der Waals surface area (Å²) in [6.07, 6.45) is 5.07. The first-order valence-corrected chi connectivity index (χ1v) is 9.02. The summed E-state index contributed by atoms with van der Waals surface area (Å²) in [6.45, 7) is 2.63. The Hall–Kier alpha value is -2.91. The van der Waals surface area contributed by atoms with Gasteiger partial charge in [0.2, 0.25) is 17.7 Å². The fraction of sp³-hybridized carbons (Fsp3) is 0.588. The van der Waals surface area contributed by atoms with Crippen LogP contribution in [-0.4, -0.2) is 75.2 Å². The number of urea groups is 1. The van der Waals surface area contributed by atoms with Gasteiger partial charge >= 0.3 is 6.03 Å². The van der Waals surface area contributed by atoms with Crippen molar-refractivity contribution in [3.8, 4) is 0 Å². The fourth-order valence-electron chi connectivity index (χ4n) is 3.43. The van der Waals surface area contributed by atoms with Crippen molar-refractivity contribution in [2.45, 2.75) is 50.7 Å². The molecule has 27 heavy (non-hydrogen) atoms. The van der Waals surface area contributed by atoms with Gasteiger partial charge < -0.3 is 20.5 Å². The van der Waals surface area contributed by atoms with E-state index in [4.69, 9.17) is 0 Å². The number of rotatable bonds is 5. The van der Waals surface area contributed by atoms with E-state index in [-0.39, 0.29) is 24.8 Å². The average Bonchev–Trinajstić information content (AvgIpc) is 3.29. The van der Waals surface area contributed by atoms with Crippen LogP contribution < -0.4 is 10.6 Å². The van der Waals surface area contributed by atoms with E-state index in [2.05, 4.69) is 20.6 Å². The zero-order chi connectivity index (χ0) is 19.6. The molecule has 5 amide bonds. The van der Waals surface area contributed by atoms with Crippen molar-refractivity contribution >= 4 is 23.8 Å². The number of hydrogen-bond acceptors (Lipinski definition) is 5. The van der Waals surface area contributed by atoms with E-state index < -0.39 is 29.9 Å². The highest BCUT2D eigenvalue weighted by Crippen LogP contribution is 2.18. The van der Waals surface area contributed by atoms with Crippen LogP contribution in [0.15, 0.2) is 12.5 Å². The maximum atomic E-state index is 13.0. The van der Waals surface area contributed by atoms with Crippen molar-refractivity contribution in [3.05, 3.63) is 18.2 Å². The van der Waals surface area contributed by atoms with Crippen molar-refractivity contribution < 1.29 is 19.2 Å². The van der Waals surface area contributed by atoms with E-state index in [0.717, 1.165) is 17.7 Å². The predicted molar refractivity (Wildman–Crippen MR) is 94.3 cm³/mol. The minimum absolute atomic E-state index is 0.114. The monoisotopic (exact) mass is 376 g/mol. The first-order valence-electron chi connectivity index (χ1n) is 9.02. The lowest BCUT2D eigenvalue weighted by atomic mass is 10.1. The zero-order valence-corrected chi connectivity index (χ0v) is 15.4. The third-order valence-electron chi connectivity index (χ3n) is 5.10. The Morgan fingerprint density at radius 1 is 1.41 bits per heavy atom. The van der Waals surface area contributed by atoms with Crippen LogP contribution in [-0.2, 0) is 20.8 Å². The number of nitrogens with one attached hydrogen (secondary N) is 3. The topological polar surface area (TPSA) is 128 Å². The molecule has 2 saturated heterocycles. The van der Waals surface area contributed by atoms with Gasteiger partial charge in [-0.15, -0.1) is 0 Å². The van der Waals surface area contributed by atoms with Gasteiger partial charge in [0, 0.05) is 37.9 Å². The number of likely N-dealkylation sites (tertiary alicyclic amines) is 1. The molecular formula is C17H24N6O4. The summed E-state index contributed by atoms with van der Waals surface area (Å²) in [5.74, 6) is -1.16. The van der Waals surface area contributed by atoms with Crippen LogP contribution in [0.4, 0.5) is 4.79 Å². The molecule has 0 saturated carbocycles. The van der Waals surface area contributed by atoms with Gasteiger partial charge in [-0.25, -0.2) is 9.78 Å². The van der Waals surface area contributed by atoms with Gasteiger partial charge in [-0.2, -0.15) is 0 Å². The Balaban J connectivity index is 1.72. The number of nitrogens with zero attached hydrogens (tertiary/aromatic N) is 3. The number of imide groups is 1. The molecule has 1 aromatic rings. The SMILES string of the molecule is C[C@H]1CCCN1C(=O)[C@@H](Cc1cnc[nH]1)NC(=O)[C@H]1CC(=O)N(C)C(=O)N1. The fourth-order valence-corrected chi connectivity index (χ4v) is 3.43. The minimum atomic E-state index is -0.991. The van der Waals surface area contributed by atoms with Gasteiger partial charge in [0.1, 0.15) is 12.1 Å². The summed E-state index contributed by atoms with van der Waals surface area (Å²) in [5, 5.41) is 5.20. The maximum Gasteiger partial charge on any atom is 0.324 e. The molecule has 2 fully saturated rings. The van der Waals surface area contributed by atoms with Crippen LogP contribution in [0, 0.1) is 0 Å². The average molecular weight is 376 g/mol. The minimum Gasteiger partial charge on any atom is -0.348 e. The lowest BCUT2D eigenvalue weighted by Crippen LogP contribution is -2.60. The molecule has 10 heteroatoms. The van der Waals surface area contributed by atoms with Crippen molar-refractivity contribution in [2.75, 3.05) is 13.6 Å². The Morgan fingerprint density at radius 3 is 2.78 bits per heavy atom. The van der Waals surface area contributed by atoms with Crippen LogP contribution in [0.25, 0.3) is 0 Å². The van der Waals surface area contributed by atoms with Crippen molar-refractivity contribution in [1.29, 1.82) is 0 Å². The largest absolute Gasteiger partial charge is 0.348 e. The highest BCUT2D eigenvalue weighted by molar-refractivity contribution is 6.03. The number of H-pyrrole nitrogens is 1. The molecule has 10 nitrogen and oxygen atoms in total.